The van der Waals surface area contributed by atoms with Crippen molar-refractivity contribution < 1.29 is 9.32 Å². The Bertz CT molecular complexity index is 770. The van der Waals surface area contributed by atoms with Crippen LogP contribution in [0.5, 0.6) is 0 Å². The van der Waals surface area contributed by atoms with Gasteiger partial charge in [0.1, 0.15) is 12.4 Å². The molecule has 0 aliphatic heterocycles. The molecule has 0 fully saturated rings. The molecule has 0 aliphatic carbocycles. The summed E-state index contributed by atoms with van der Waals surface area (Å²) in [5.41, 5.74) is 1.03. The quantitative estimate of drug-likeness (QED) is 0.672. The van der Waals surface area contributed by atoms with Gasteiger partial charge in [-0.15, -0.1) is 5.10 Å². The van der Waals surface area contributed by atoms with Gasteiger partial charge >= 0.3 is 0 Å². The van der Waals surface area contributed by atoms with Crippen molar-refractivity contribution in [3.63, 3.8) is 0 Å². The molecule has 0 bridgehead atoms. The Labute approximate surface area is 138 Å². The van der Waals surface area contributed by atoms with Crippen LogP contribution in [0.25, 0.3) is 0 Å². The third-order valence-electron chi connectivity index (χ3n) is 3.47. The SMILES string of the molecule is Cc1noc(CCNC(=O)[C@H](Cc2ccccc2)n2cnnn2)n1. The Morgan fingerprint density at radius 2 is 2.17 bits per heavy atom. The lowest BCUT2D eigenvalue weighted by molar-refractivity contribution is -0.124. The van der Waals surface area contributed by atoms with Gasteiger partial charge in [0, 0.05) is 19.4 Å². The fourth-order valence-corrected chi connectivity index (χ4v) is 2.31. The van der Waals surface area contributed by atoms with Crippen molar-refractivity contribution in [2.24, 2.45) is 0 Å². The van der Waals surface area contributed by atoms with E-state index in [1.54, 1.807) is 6.92 Å². The lowest BCUT2D eigenvalue weighted by atomic mass is 10.1. The Kier molecular flexibility index (Phi) is 4.90. The number of hydrogen-bond donors (Lipinski definition) is 1. The average molecular weight is 327 g/mol. The molecule has 0 saturated carbocycles. The number of nitrogens with one attached hydrogen (secondary N) is 1. The third-order valence-corrected chi connectivity index (χ3v) is 3.47. The molecule has 0 spiro atoms. The molecule has 1 N–H and O–H groups in total. The molecule has 0 saturated heterocycles. The van der Waals surface area contributed by atoms with E-state index < -0.39 is 6.04 Å². The number of aryl methyl sites for hydroxylation is 1. The molecule has 1 amide bonds. The first kappa shape index (κ1) is 15.8. The first-order chi connectivity index (χ1) is 11.7. The average Bonchev–Trinajstić information content (AvgIpc) is 3.25. The summed E-state index contributed by atoms with van der Waals surface area (Å²) in [6.07, 6.45) is 2.41. The van der Waals surface area contributed by atoms with Gasteiger partial charge in [-0.1, -0.05) is 35.5 Å². The third kappa shape index (κ3) is 4.00. The van der Waals surface area contributed by atoms with Crippen molar-refractivity contribution in [3.8, 4) is 0 Å². The Morgan fingerprint density at radius 1 is 1.33 bits per heavy atom. The largest absolute Gasteiger partial charge is 0.354 e. The minimum absolute atomic E-state index is 0.164. The van der Waals surface area contributed by atoms with Gasteiger partial charge in [0.2, 0.25) is 11.8 Å². The molecular formula is C15H17N7O2. The number of hydrogen-bond acceptors (Lipinski definition) is 7. The number of carbonyl (C=O) groups is 1. The lowest BCUT2D eigenvalue weighted by Gasteiger charge is -2.16. The molecule has 3 rings (SSSR count). The molecule has 0 aliphatic rings. The molecule has 9 heteroatoms. The topological polar surface area (TPSA) is 112 Å². The number of rotatable bonds is 7. The van der Waals surface area contributed by atoms with Gasteiger partial charge in [-0.3, -0.25) is 4.79 Å². The highest BCUT2D eigenvalue weighted by atomic mass is 16.5. The smallest absolute Gasteiger partial charge is 0.245 e. The van der Waals surface area contributed by atoms with Gasteiger partial charge in [-0.2, -0.15) is 4.98 Å². The molecule has 3 aromatic rings. The first-order valence-corrected chi connectivity index (χ1v) is 7.55. The van der Waals surface area contributed by atoms with Crippen LogP contribution in [0.3, 0.4) is 0 Å². The molecule has 1 aromatic carbocycles. The van der Waals surface area contributed by atoms with E-state index in [0.717, 1.165) is 5.56 Å². The molecule has 2 heterocycles. The van der Waals surface area contributed by atoms with E-state index in [1.807, 2.05) is 30.3 Å². The van der Waals surface area contributed by atoms with Crippen LogP contribution in [0, 0.1) is 6.92 Å². The summed E-state index contributed by atoms with van der Waals surface area (Å²) < 4.78 is 6.48. The summed E-state index contributed by atoms with van der Waals surface area (Å²) >= 11 is 0. The van der Waals surface area contributed by atoms with Gasteiger partial charge in [0.15, 0.2) is 5.82 Å². The number of tetrazole rings is 1. The van der Waals surface area contributed by atoms with Crippen LogP contribution in [0.4, 0.5) is 0 Å². The monoisotopic (exact) mass is 327 g/mol. The van der Waals surface area contributed by atoms with E-state index in [9.17, 15) is 4.79 Å². The number of benzene rings is 1. The molecule has 24 heavy (non-hydrogen) atoms. The van der Waals surface area contributed by atoms with Crippen molar-refractivity contribution >= 4 is 5.91 Å². The number of nitrogens with zero attached hydrogens (tertiary/aromatic N) is 6. The molecule has 2 aromatic heterocycles. The maximum atomic E-state index is 12.5. The standard InChI is InChI=1S/C15H17N7O2/c1-11-18-14(24-19-11)7-8-16-15(23)13(22-10-17-20-21-22)9-12-5-3-2-4-6-12/h2-6,10,13H,7-9H2,1H3,(H,16,23)/t13-/m0/s1. The molecular weight excluding hydrogens is 310 g/mol. The summed E-state index contributed by atoms with van der Waals surface area (Å²) in [6, 6.07) is 9.20. The minimum Gasteiger partial charge on any atom is -0.354 e. The highest BCUT2D eigenvalue weighted by Crippen LogP contribution is 2.13. The summed E-state index contributed by atoms with van der Waals surface area (Å²) in [5, 5.41) is 17.7. The van der Waals surface area contributed by atoms with E-state index in [0.29, 0.717) is 31.1 Å². The Morgan fingerprint density at radius 3 is 2.83 bits per heavy atom. The fourth-order valence-electron chi connectivity index (χ4n) is 2.31. The van der Waals surface area contributed by atoms with E-state index in [2.05, 4.69) is 31.0 Å². The van der Waals surface area contributed by atoms with Crippen LogP contribution in [0.15, 0.2) is 41.2 Å². The van der Waals surface area contributed by atoms with Crippen LogP contribution >= 0.6 is 0 Å². The molecule has 0 radical (unpaired) electrons. The minimum atomic E-state index is -0.521. The van der Waals surface area contributed by atoms with E-state index >= 15 is 0 Å². The number of amides is 1. The molecule has 124 valence electrons. The predicted molar refractivity (Wildman–Crippen MR) is 82.7 cm³/mol. The second-order valence-electron chi connectivity index (χ2n) is 5.27. The van der Waals surface area contributed by atoms with E-state index in [4.69, 9.17) is 4.52 Å². The zero-order valence-corrected chi connectivity index (χ0v) is 13.2. The zero-order valence-electron chi connectivity index (χ0n) is 13.2. The molecule has 0 unspecified atom stereocenters. The van der Waals surface area contributed by atoms with Crippen LogP contribution < -0.4 is 5.32 Å². The van der Waals surface area contributed by atoms with Crippen molar-refractivity contribution in [1.82, 2.24) is 35.7 Å². The van der Waals surface area contributed by atoms with Crippen LogP contribution in [-0.2, 0) is 17.6 Å². The Hall–Kier alpha value is -3.10. The Balaban J connectivity index is 1.63. The van der Waals surface area contributed by atoms with Crippen molar-refractivity contribution in [1.29, 1.82) is 0 Å². The van der Waals surface area contributed by atoms with E-state index in [-0.39, 0.29) is 5.91 Å². The summed E-state index contributed by atoms with van der Waals surface area (Å²) in [4.78, 5) is 16.7. The normalized spacial score (nSPS) is 12.0. The highest BCUT2D eigenvalue weighted by Gasteiger charge is 2.22. The molecule has 1 atom stereocenters. The second kappa shape index (κ2) is 7.44. The second-order valence-corrected chi connectivity index (χ2v) is 5.27. The fraction of sp³-hybridized carbons (Fsp3) is 0.333. The van der Waals surface area contributed by atoms with Gasteiger partial charge in [-0.25, -0.2) is 4.68 Å². The van der Waals surface area contributed by atoms with Crippen molar-refractivity contribution in [2.75, 3.05) is 6.54 Å². The van der Waals surface area contributed by atoms with Crippen LogP contribution in [0.1, 0.15) is 23.3 Å². The summed E-state index contributed by atoms with van der Waals surface area (Å²) in [6.45, 7) is 2.15. The summed E-state index contributed by atoms with van der Waals surface area (Å²) in [5.74, 6) is 0.907. The van der Waals surface area contributed by atoms with Gasteiger partial charge in [0.05, 0.1) is 0 Å². The van der Waals surface area contributed by atoms with E-state index in [1.165, 1.54) is 11.0 Å². The summed E-state index contributed by atoms with van der Waals surface area (Å²) in [7, 11) is 0. The van der Waals surface area contributed by atoms with Gasteiger partial charge in [0.25, 0.3) is 0 Å². The highest BCUT2D eigenvalue weighted by molar-refractivity contribution is 5.80. The van der Waals surface area contributed by atoms with Crippen LogP contribution in [-0.4, -0.2) is 42.8 Å². The maximum Gasteiger partial charge on any atom is 0.245 e. The zero-order chi connectivity index (χ0) is 16.8. The number of carbonyl (C=O) groups excluding carboxylic acids is 1. The lowest BCUT2D eigenvalue weighted by Crippen LogP contribution is -2.35. The molecule has 9 nitrogen and oxygen atoms in total. The van der Waals surface area contributed by atoms with Gasteiger partial charge < -0.3 is 9.84 Å². The van der Waals surface area contributed by atoms with Crippen molar-refractivity contribution in [2.45, 2.75) is 25.8 Å². The predicted octanol–water partition coefficient (Wildman–Crippen LogP) is 0.507. The van der Waals surface area contributed by atoms with Crippen molar-refractivity contribution in [3.05, 3.63) is 53.9 Å². The van der Waals surface area contributed by atoms with Gasteiger partial charge in [-0.05, 0) is 22.9 Å². The first-order valence-electron chi connectivity index (χ1n) is 7.55. The van der Waals surface area contributed by atoms with Crippen LogP contribution in [0.2, 0.25) is 0 Å². The number of aromatic nitrogens is 6. The maximum absolute atomic E-state index is 12.5.